The number of nitrogens with zero attached hydrogens (tertiary/aromatic N) is 1. The zero-order valence-corrected chi connectivity index (χ0v) is 17.9. The summed E-state index contributed by atoms with van der Waals surface area (Å²) in [4.78, 5) is 16.9. The number of benzene rings is 2. The number of ketones is 1. The molecule has 0 saturated carbocycles. The van der Waals surface area contributed by atoms with E-state index in [0.29, 0.717) is 33.4 Å². The second kappa shape index (κ2) is 8.45. The van der Waals surface area contributed by atoms with Crippen LogP contribution in [0.1, 0.15) is 15.2 Å². The van der Waals surface area contributed by atoms with E-state index < -0.39 is 0 Å². The fourth-order valence-corrected chi connectivity index (χ4v) is 4.32. The molecule has 0 spiro atoms. The summed E-state index contributed by atoms with van der Waals surface area (Å²) in [5.41, 5.74) is 9.00. The van der Waals surface area contributed by atoms with E-state index >= 15 is 0 Å². The molecule has 29 heavy (non-hydrogen) atoms. The van der Waals surface area contributed by atoms with E-state index in [4.69, 9.17) is 19.9 Å². The lowest BCUT2D eigenvalue weighted by Crippen LogP contribution is -2.12. The first-order valence-corrected chi connectivity index (χ1v) is 9.73. The van der Waals surface area contributed by atoms with Crippen molar-refractivity contribution in [2.24, 2.45) is 0 Å². The van der Waals surface area contributed by atoms with Gasteiger partial charge in [-0.1, -0.05) is 18.2 Å². The normalized spacial score (nSPS) is 10.5. The number of para-hydroxylation sites is 1. The van der Waals surface area contributed by atoms with E-state index in [0.717, 1.165) is 16.1 Å². The highest BCUT2D eigenvalue weighted by Crippen LogP contribution is 2.42. The summed E-state index contributed by atoms with van der Waals surface area (Å²) in [6, 6.07) is 12.9. The van der Waals surface area contributed by atoms with Gasteiger partial charge in [0, 0.05) is 35.8 Å². The zero-order valence-electron chi connectivity index (χ0n) is 17.1. The maximum atomic E-state index is 13.4. The molecule has 6 nitrogen and oxygen atoms in total. The van der Waals surface area contributed by atoms with Crippen LogP contribution in [0.15, 0.2) is 42.5 Å². The van der Waals surface area contributed by atoms with E-state index in [1.165, 1.54) is 32.7 Å². The van der Waals surface area contributed by atoms with Crippen LogP contribution in [-0.2, 0) is 0 Å². The minimum Gasteiger partial charge on any atom is -0.493 e. The summed E-state index contributed by atoms with van der Waals surface area (Å²) in [5.74, 6) is 1.19. The second-order valence-electron chi connectivity index (χ2n) is 6.55. The molecule has 0 unspecified atom stereocenters. The van der Waals surface area contributed by atoms with Crippen molar-refractivity contribution in [3.05, 3.63) is 52.9 Å². The lowest BCUT2D eigenvalue weighted by atomic mass is 10.1. The summed E-state index contributed by atoms with van der Waals surface area (Å²) in [5, 5.41) is 0. The van der Waals surface area contributed by atoms with Crippen LogP contribution in [0, 0.1) is 0 Å². The largest absolute Gasteiger partial charge is 0.493 e. The number of methoxy groups -OCH3 is 3. The lowest BCUT2D eigenvalue weighted by Gasteiger charge is -2.15. The molecule has 0 aliphatic carbocycles. The van der Waals surface area contributed by atoms with Crippen LogP contribution in [0.25, 0.3) is 10.4 Å². The smallest absolute Gasteiger partial charge is 0.205 e. The van der Waals surface area contributed by atoms with Gasteiger partial charge >= 0.3 is 0 Å². The van der Waals surface area contributed by atoms with Gasteiger partial charge in [0.2, 0.25) is 11.5 Å². The Bertz CT molecular complexity index is 1020. The maximum Gasteiger partial charge on any atom is 0.205 e. The van der Waals surface area contributed by atoms with Gasteiger partial charge in [-0.2, -0.15) is 0 Å². The predicted molar refractivity (Wildman–Crippen MR) is 118 cm³/mol. The van der Waals surface area contributed by atoms with Crippen molar-refractivity contribution in [3.63, 3.8) is 0 Å². The lowest BCUT2D eigenvalue weighted by molar-refractivity contribution is 0.104. The number of anilines is 2. The number of thiophene rings is 1. The number of hydrogen-bond acceptors (Lipinski definition) is 7. The summed E-state index contributed by atoms with van der Waals surface area (Å²) in [6.45, 7) is 0. The zero-order chi connectivity index (χ0) is 21.1. The van der Waals surface area contributed by atoms with Gasteiger partial charge in [0.1, 0.15) is 0 Å². The molecular weight excluding hydrogens is 388 g/mol. The highest BCUT2D eigenvalue weighted by molar-refractivity contribution is 7.18. The van der Waals surface area contributed by atoms with Gasteiger partial charge < -0.3 is 24.8 Å². The molecule has 0 saturated heterocycles. The van der Waals surface area contributed by atoms with Gasteiger partial charge in [-0.25, -0.2) is 0 Å². The quantitative estimate of drug-likeness (QED) is 0.460. The Kier molecular flexibility index (Phi) is 5.98. The van der Waals surface area contributed by atoms with E-state index in [9.17, 15) is 4.79 Å². The molecule has 2 aromatic carbocycles. The Labute approximate surface area is 174 Å². The fourth-order valence-electron chi connectivity index (χ4n) is 3.07. The van der Waals surface area contributed by atoms with Crippen LogP contribution in [0.4, 0.5) is 11.4 Å². The highest BCUT2D eigenvalue weighted by Gasteiger charge is 2.23. The van der Waals surface area contributed by atoms with Gasteiger partial charge in [-0.15, -0.1) is 11.3 Å². The van der Waals surface area contributed by atoms with Crippen molar-refractivity contribution < 1.29 is 19.0 Å². The van der Waals surface area contributed by atoms with Gasteiger partial charge in [0.05, 0.1) is 31.9 Å². The SMILES string of the molecule is COc1cc(C(=O)c2sc(-c3ccccc3N)cc2N(C)C)cc(OC)c1OC. The third-order valence-electron chi connectivity index (χ3n) is 4.55. The Morgan fingerprint density at radius 1 is 0.966 bits per heavy atom. The number of ether oxygens (including phenoxy) is 3. The van der Waals surface area contributed by atoms with Crippen LogP contribution >= 0.6 is 11.3 Å². The monoisotopic (exact) mass is 412 g/mol. The first-order valence-electron chi connectivity index (χ1n) is 8.92. The van der Waals surface area contributed by atoms with Crippen LogP contribution in [0.3, 0.4) is 0 Å². The molecule has 0 fully saturated rings. The number of carbonyl (C=O) groups excluding carboxylic acids is 1. The third kappa shape index (κ3) is 3.86. The van der Waals surface area contributed by atoms with Crippen molar-refractivity contribution in [2.45, 2.75) is 0 Å². The molecule has 1 aromatic heterocycles. The summed E-state index contributed by atoms with van der Waals surface area (Å²) < 4.78 is 16.1. The van der Waals surface area contributed by atoms with Crippen molar-refractivity contribution in [3.8, 4) is 27.7 Å². The van der Waals surface area contributed by atoms with E-state index in [-0.39, 0.29) is 5.78 Å². The molecule has 3 rings (SSSR count). The number of hydrogen-bond donors (Lipinski definition) is 1. The van der Waals surface area contributed by atoms with Gasteiger partial charge in [-0.3, -0.25) is 4.79 Å². The summed E-state index contributed by atoms with van der Waals surface area (Å²) in [7, 11) is 8.40. The molecule has 0 bridgehead atoms. The maximum absolute atomic E-state index is 13.4. The fraction of sp³-hybridized carbons (Fsp3) is 0.227. The average molecular weight is 413 g/mol. The number of rotatable bonds is 7. The standard InChI is InChI=1S/C22H24N2O4S/c1-24(2)16-12-19(14-8-6-7-9-15(14)23)29-22(16)20(25)13-10-17(26-3)21(28-5)18(11-13)27-4/h6-12H,23H2,1-5H3. The van der Waals surface area contributed by atoms with Crippen LogP contribution < -0.4 is 24.8 Å². The molecule has 1 heterocycles. The van der Waals surface area contributed by atoms with Gasteiger partial charge in [0.15, 0.2) is 11.5 Å². The van der Waals surface area contributed by atoms with Crippen molar-refractivity contribution >= 4 is 28.5 Å². The van der Waals surface area contributed by atoms with E-state index in [1.807, 2.05) is 49.3 Å². The molecular formula is C22H24N2O4S. The van der Waals surface area contributed by atoms with E-state index in [2.05, 4.69) is 0 Å². The highest BCUT2D eigenvalue weighted by atomic mass is 32.1. The Hall–Kier alpha value is -3.19. The predicted octanol–water partition coefficient (Wildman–Crippen LogP) is 4.32. The van der Waals surface area contributed by atoms with Crippen LogP contribution in [0.2, 0.25) is 0 Å². The first-order chi connectivity index (χ1) is 13.9. The molecule has 0 aliphatic heterocycles. The van der Waals surface area contributed by atoms with E-state index in [1.54, 1.807) is 12.1 Å². The van der Waals surface area contributed by atoms with Gasteiger partial charge in [0.25, 0.3) is 0 Å². The van der Waals surface area contributed by atoms with Crippen LogP contribution in [-0.4, -0.2) is 41.2 Å². The molecule has 0 atom stereocenters. The van der Waals surface area contributed by atoms with Gasteiger partial charge in [-0.05, 0) is 24.3 Å². The van der Waals surface area contributed by atoms with Crippen molar-refractivity contribution in [2.75, 3.05) is 46.1 Å². The second-order valence-corrected chi connectivity index (χ2v) is 7.60. The Balaban J connectivity index is 2.13. The Morgan fingerprint density at radius 3 is 2.10 bits per heavy atom. The molecule has 3 aromatic rings. The number of nitrogen functional groups attached to an aromatic ring is 1. The molecule has 0 radical (unpaired) electrons. The first kappa shape index (κ1) is 20.5. The molecule has 0 aliphatic rings. The minimum atomic E-state index is -0.126. The molecule has 0 amide bonds. The minimum absolute atomic E-state index is 0.126. The average Bonchev–Trinajstić information content (AvgIpc) is 3.17. The van der Waals surface area contributed by atoms with Crippen molar-refractivity contribution in [1.82, 2.24) is 0 Å². The number of carbonyl (C=O) groups is 1. The number of nitrogens with two attached hydrogens (primary N) is 1. The summed E-state index contributed by atoms with van der Waals surface area (Å²) in [6.07, 6.45) is 0. The topological polar surface area (TPSA) is 74.0 Å². The van der Waals surface area contributed by atoms with Crippen molar-refractivity contribution in [1.29, 1.82) is 0 Å². The summed E-state index contributed by atoms with van der Waals surface area (Å²) >= 11 is 1.41. The third-order valence-corrected chi connectivity index (χ3v) is 5.71. The molecule has 2 N–H and O–H groups in total. The van der Waals surface area contributed by atoms with Crippen LogP contribution in [0.5, 0.6) is 17.2 Å². The molecule has 152 valence electrons. The molecule has 7 heteroatoms. The Morgan fingerprint density at radius 2 is 1.59 bits per heavy atom.